The van der Waals surface area contributed by atoms with Crippen molar-refractivity contribution in [1.29, 1.82) is 0 Å². The molecular formula is C12H16N2Na2O7S. The average Bonchev–Trinajstić information content (AvgIpc) is 2.67. The second-order valence-corrected chi connectivity index (χ2v) is 5.96. The third-order valence-electron chi connectivity index (χ3n) is 2.63. The van der Waals surface area contributed by atoms with Gasteiger partial charge in [-0.1, -0.05) is 12.1 Å². The van der Waals surface area contributed by atoms with Gasteiger partial charge in [0.15, 0.2) is 0 Å². The number of nitrogens with two attached hydrogens (primary N) is 1. The second kappa shape index (κ2) is 11.2. The predicted octanol–water partition coefficient (Wildman–Crippen LogP) is -1.92. The molecule has 1 aliphatic rings. The standard InChI is InChI=1S/C7H5NO3S.C5H9NO4.2Na.2H/c9-7-5-3-1-2-4-6(5)12(10,11)8-7;6-3(5(9)10)1-2-4(7)8;;;;/h1-4H,(H,8,9);3H,1-2,6H2,(H,7,8)(H,9,10);;;;/t;3-;;;;/m.0..../s1. The van der Waals surface area contributed by atoms with Gasteiger partial charge in [-0.25, -0.2) is 13.1 Å². The molecule has 1 aromatic rings. The molecule has 124 valence electrons. The molecule has 1 aromatic carbocycles. The molecule has 0 aromatic heterocycles. The van der Waals surface area contributed by atoms with Gasteiger partial charge in [0.25, 0.3) is 15.9 Å². The van der Waals surface area contributed by atoms with Crippen molar-refractivity contribution in [3.8, 4) is 0 Å². The molecule has 0 aliphatic carbocycles. The van der Waals surface area contributed by atoms with Crippen LogP contribution in [-0.2, 0) is 19.6 Å². The van der Waals surface area contributed by atoms with Crippen molar-refractivity contribution in [2.45, 2.75) is 23.8 Å². The van der Waals surface area contributed by atoms with Crippen LogP contribution >= 0.6 is 0 Å². The van der Waals surface area contributed by atoms with Crippen LogP contribution in [0.15, 0.2) is 29.2 Å². The number of carboxylic acid groups (broad SMARTS) is 2. The zero-order valence-electron chi connectivity index (χ0n) is 11.2. The Hall–Kier alpha value is -0.460. The maximum absolute atomic E-state index is 11.1. The van der Waals surface area contributed by atoms with Gasteiger partial charge in [-0.3, -0.25) is 14.4 Å². The zero-order valence-corrected chi connectivity index (χ0v) is 12.0. The molecule has 1 aliphatic heterocycles. The normalized spacial score (nSPS) is 14.5. The number of sulfonamides is 1. The number of carboxylic acids is 2. The van der Waals surface area contributed by atoms with E-state index in [4.69, 9.17) is 15.9 Å². The molecule has 24 heavy (non-hydrogen) atoms. The van der Waals surface area contributed by atoms with Gasteiger partial charge in [-0.15, -0.1) is 0 Å². The van der Waals surface area contributed by atoms with Crippen LogP contribution in [-0.4, -0.2) is 102 Å². The van der Waals surface area contributed by atoms with E-state index in [1.165, 1.54) is 12.1 Å². The third kappa shape index (κ3) is 7.62. The molecule has 2 rings (SSSR count). The quantitative estimate of drug-likeness (QED) is 0.441. The van der Waals surface area contributed by atoms with E-state index in [9.17, 15) is 22.8 Å². The van der Waals surface area contributed by atoms with Crippen LogP contribution in [0.3, 0.4) is 0 Å². The topological polar surface area (TPSA) is 164 Å². The fourth-order valence-corrected chi connectivity index (χ4v) is 2.69. The summed E-state index contributed by atoms with van der Waals surface area (Å²) in [5, 5.41) is 16.3. The first-order valence-electron chi connectivity index (χ1n) is 6.01. The predicted molar refractivity (Wildman–Crippen MR) is 87.9 cm³/mol. The van der Waals surface area contributed by atoms with Gasteiger partial charge in [0.05, 0.1) is 5.56 Å². The van der Waals surface area contributed by atoms with E-state index in [2.05, 4.69) is 0 Å². The summed E-state index contributed by atoms with van der Waals surface area (Å²) in [4.78, 5) is 30.9. The fourth-order valence-electron chi connectivity index (χ4n) is 1.52. The molecule has 0 unspecified atom stereocenters. The Morgan fingerprint density at radius 1 is 1.17 bits per heavy atom. The van der Waals surface area contributed by atoms with Crippen molar-refractivity contribution < 1.29 is 33.0 Å². The number of fused-ring (bicyclic) bond motifs is 1. The van der Waals surface area contributed by atoms with Gasteiger partial charge < -0.3 is 15.9 Å². The number of carbonyl (C=O) groups is 3. The van der Waals surface area contributed by atoms with Crippen molar-refractivity contribution >= 4 is 87.0 Å². The molecule has 0 radical (unpaired) electrons. The van der Waals surface area contributed by atoms with Gasteiger partial charge in [0, 0.05) is 6.42 Å². The molecule has 0 spiro atoms. The summed E-state index contributed by atoms with van der Waals surface area (Å²) in [6.07, 6.45) is -0.224. The first-order chi connectivity index (χ1) is 10.1. The molecule has 1 heterocycles. The number of aliphatic carboxylic acids is 2. The number of amides is 1. The van der Waals surface area contributed by atoms with Crippen LogP contribution in [0.1, 0.15) is 23.2 Å². The number of hydrogen-bond acceptors (Lipinski definition) is 6. The Bertz CT molecular complexity index is 709. The van der Waals surface area contributed by atoms with E-state index in [1.807, 2.05) is 4.72 Å². The molecular weight excluding hydrogens is 362 g/mol. The Morgan fingerprint density at radius 3 is 2.17 bits per heavy atom. The number of hydrogen-bond donors (Lipinski definition) is 4. The summed E-state index contributed by atoms with van der Waals surface area (Å²) < 4.78 is 24.2. The van der Waals surface area contributed by atoms with E-state index in [0.29, 0.717) is 0 Å². The summed E-state index contributed by atoms with van der Waals surface area (Å²) in [7, 11) is -3.55. The number of nitrogens with one attached hydrogen (secondary N) is 1. The van der Waals surface area contributed by atoms with Crippen LogP contribution in [0.5, 0.6) is 0 Å². The first kappa shape index (κ1) is 25.8. The minimum atomic E-state index is -3.55. The molecule has 0 saturated heterocycles. The van der Waals surface area contributed by atoms with Crippen LogP contribution in [0.4, 0.5) is 0 Å². The average molecular weight is 378 g/mol. The van der Waals surface area contributed by atoms with Gasteiger partial charge in [0.1, 0.15) is 10.9 Å². The van der Waals surface area contributed by atoms with Gasteiger partial charge in [-0.05, 0) is 18.6 Å². The van der Waals surface area contributed by atoms with Crippen LogP contribution < -0.4 is 10.5 Å². The Labute approximate surface area is 182 Å². The van der Waals surface area contributed by atoms with Crippen molar-refractivity contribution in [1.82, 2.24) is 4.72 Å². The third-order valence-corrected chi connectivity index (χ3v) is 4.02. The molecule has 1 atom stereocenters. The van der Waals surface area contributed by atoms with Gasteiger partial charge in [-0.2, -0.15) is 0 Å². The van der Waals surface area contributed by atoms with Crippen LogP contribution in [0, 0.1) is 0 Å². The van der Waals surface area contributed by atoms with Crippen molar-refractivity contribution in [3.63, 3.8) is 0 Å². The van der Waals surface area contributed by atoms with Crippen molar-refractivity contribution in [3.05, 3.63) is 29.8 Å². The van der Waals surface area contributed by atoms with Crippen molar-refractivity contribution in [2.75, 3.05) is 0 Å². The summed E-state index contributed by atoms with van der Waals surface area (Å²) in [6, 6.07) is 5.03. The summed E-state index contributed by atoms with van der Waals surface area (Å²) >= 11 is 0. The first-order valence-corrected chi connectivity index (χ1v) is 7.50. The van der Waals surface area contributed by atoms with E-state index in [1.54, 1.807) is 12.1 Å². The van der Waals surface area contributed by atoms with Gasteiger partial charge in [0.2, 0.25) is 0 Å². The van der Waals surface area contributed by atoms with E-state index in [0.717, 1.165) is 0 Å². The minimum absolute atomic E-state index is 0. The Balaban J connectivity index is 0. The fraction of sp³-hybridized carbons (Fsp3) is 0.250. The summed E-state index contributed by atoms with van der Waals surface area (Å²) in [5.74, 6) is -2.75. The monoisotopic (exact) mass is 378 g/mol. The molecule has 5 N–H and O–H groups in total. The Morgan fingerprint density at radius 2 is 1.71 bits per heavy atom. The number of benzene rings is 1. The molecule has 12 heteroatoms. The van der Waals surface area contributed by atoms with Gasteiger partial charge >= 0.3 is 71.1 Å². The summed E-state index contributed by atoms with van der Waals surface area (Å²) in [6.45, 7) is 0. The van der Waals surface area contributed by atoms with E-state index in [-0.39, 0.29) is 82.4 Å². The maximum atomic E-state index is 11.1. The van der Waals surface area contributed by atoms with Crippen LogP contribution in [0.2, 0.25) is 0 Å². The van der Waals surface area contributed by atoms with Crippen LogP contribution in [0.25, 0.3) is 0 Å². The second-order valence-electron chi connectivity index (χ2n) is 4.31. The molecule has 0 saturated carbocycles. The molecule has 1 amide bonds. The molecule has 0 fully saturated rings. The van der Waals surface area contributed by atoms with E-state index < -0.39 is 33.9 Å². The number of carbonyl (C=O) groups excluding carboxylic acids is 1. The number of rotatable bonds is 4. The van der Waals surface area contributed by atoms with E-state index >= 15 is 0 Å². The summed E-state index contributed by atoms with van der Waals surface area (Å²) in [5.41, 5.74) is 5.22. The molecule has 0 bridgehead atoms. The SMILES string of the molecule is N[C@@H](CCC(=O)O)C(=O)O.O=C1NS(=O)(=O)c2ccccc21.[NaH].[NaH]. The van der Waals surface area contributed by atoms with Crippen molar-refractivity contribution in [2.24, 2.45) is 5.73 Å². The Kier molecular flexibility index (Phi) is 12.0. The zero-order chi connectivity index (χ0) is 16.9. The molecule has 9 nitrogen and oxygen atoms in total.